The summed E-state index contributed by atoms with van der Waals surface area (Å²) in [5, 5.41) is 3.26. The maximum atomic E-state index is 12.5. The Morgan fingerprint density at radius 1 is 1.22 bits per heavy atom. The average Bonchev–Trinajstić information content (AvgIpc) is 3.18. The number of amides is 1. The minimum atomic E-state index is -0.250. The minimum absolute atomic E-state index is 0.129. The second-order valence-electron chi connectivity index (χ2n) is 5.24. The minimum Gasteiger partial charge on any atom is -0.336 e. The number of rotatable bonds is 2. The molecule has 2 fully saturated rings. The lowest BCUT2D eigenvalue weighted by Gasteiger charge is -2.28. The zero-order valence-corrected chi connectivity index (χ0v) is 10.5. The summed E-state index contributed by atoms with van der Waals surface area (Å²) < 4.78 is 0. The largest absolute Gasteiger partial charge is 0.336 e. The number of nitrogens with one attached hydrogen (secondary N) is 1. The van der Waals surface area contributed by atoms with Gasteiger partial charge in [0, 0.05) is 37.3 Å². The van der Waals surface area contributed by atoms with Crippen LogP contribution in [-0.4, -0.2) is 37.0 Å². The molecule has 2 aliphatic rings. The molecule has 1 aliphatic carbocycles. The molecular weight excluding hydrogens is 226 g/mol. The molecule has 0 aromatic heterocycles. The van der Waals surface area contributed by atoms with Crippen LogP contribution in [0.3, 0.4) is 0 Å². The van der Waals surface area contributed by atoms with Crippen LogP contribution in [0, 0.1) is 0 Å². The molecule has 4 nitrogen and oxygen atoms in total. The van der Waals surface area contributed by atoms with E-state index in [-0.39, 0.29) is 11.4 Å². The molecule has 0 spiro atoms. The maximum absolute atomic E-state index is 12.5. The number of nitrogens with two attached hydrogens (primary N) is 1. The Hall–Kier alpha value is -1.39. The van der Waals surface area contributed by atoms with Gasteiger partial charge in [-0.3, -0.25) is 4.79 Å². The van der Waals surface area contributed by atoms with Gasteiger partial charge in [-0.25, -0.2) is 0 Å². The molecule has 1 aliphatic heterocycles. The molecule has 1 amide bonds. The van der Waals surface area contributed by atoms with Crippen molar-refractivity contribution >= 4 is 5.91 Å². The second-order valence-corrected chi connectivity index (χ2v) is 5.24. The quantitative estimate of drug-likeness (QED) is 0.805. The van der Waals surface area contributed by atoms with Crippen LogP contribution in [0.25, 0.3) is 0 Å². The highest BCUT2D eigenvalue weighted by Gasteiger charge is 2.42. The van der Waals surface area contributed by atoms with Crippen molar-refractivity contribution in [3.8, 4) is 0 Å². The first-order valence-corrected chi connectivity index (χ1v) is 6.59. The lowest BCUT2D eigenvalue weighted by Crippen LogP contribution is -2.46. The summed E-state index contributed by atoms with van der Waals surface area (Å²) >= 11 is 0. The van der Waals surface area contributed by atoms with Gasteiger partial charge < -0.3 is 16.0 Å². The topological polar surface area (TPSA) is 58.4 Å². The van der Waals surface area contributed by atoms with Crippen LogP contribution in [0.5, 0.6) is 0 Å². The fourth-order valence-corrected chi connectivity index (χ4v) is 2.55. The summed E-state index contributed by atoms with van der Waals surface area (Å²) in [5.74, 6) is 0.129. The third kappa shape index (κ3) is 2.02. The predicted octanol–water partition coefficient (Wildman–Crippen LogP) is 0.680. The van der Waals surface area contributed by atoms with Crippen molar-refractivity contribution in [1.82, 2.24) is 10.2 Å². The van der Waals surface area contributed by atoms with E-state index >= 15 is 0 Å². The van der Waals surface area contributed by atoms with Gasteiger partial charge in [0.25, 0.3) is 5.91 Å². The van der Waals surface area contributed by atoms with Gasteiger partial charge in [-0.2, -0.15) is 0 Å². The smallest absolute Gasteiger partial charge is 0.254 e. The van der Waals surface area contributed by atoms with Crippen LogP contribution in [-0.2, 0) is 5.54 Å². The molecule has 18 heavy (non-hydrogen) atoms. The first-order chi connectivity index (χ1) is 8.71. The van der Waals surface area contributed by atoms with E-state index in [1.807, 2.05) is 29.2 Å². The first kappa shape index (κ1) is 11.7. The third-order valence-electron chi connectivity index (χ3n) is 3.89. The molecule has 3 rings (SSSR count). The molecule has 1 aromatic carbocycles. The van der Waals surface area contributed by atoms with Gasteiger partial charge >= 0.3 is 0 Å². The molecule has 0 atom stereocenters. The number of carbonyl (C=O) groups is 1. The highest BCUT2D eigenvalue weighted by atomic mass is 16.2. The summed E-state index contributed by atoms with van der Waals surface area (Å²) in [6.45, 7) is 3.32. The predicted molar refractivity (Wildman–Crippen MR) is 70.3 cm³/mol. The van der Waals surface area contributed by atoms with Gasteiger partial charge in [0.2, 0.25) is 0 Å². The van der Waals surface area contributed by atoms with Crippen molar-refractivity contribution in [2.45, 2.75) is 18.4 Å². The molecular formula is C14H19N3O. The summed E-state index contributed by atoms with van der Waals surface area (Å²) in [7, 11) is 0. The number of carbonyl (C=O) groups excluding carboxylic acids is 1. The maximum Gasteiger partial charge on any atom is 0.254 e. The molecule has 0 unspecified atom stereocenters. The van der Waals surface area contributed by atoms with Gasteiger partial charge in [-0.15, -0.1) is 0 Å². The van der Waals surface area contributed by atoms with Crippen molar-refractivity contribution in [3.63, 3.8) is 0 Å². The highest BCUT2D eigenvalue weighted by Crippen LogP contribution is 2.44. The summed E-state index contributed by atoms with van der Waals surface area (Å²) in [6, 6.07) is 7.80. The number of hydrogen-bond acceptors (Lipinski definition) is 3. The van der Waals surface area contributed by atoms with Crippen LogP contribution in [0.15, 0.2) is 24.3 Å². The Kier molecular flexibility index (Phi) is 2.84. The Morgan fingerprint density at radius 3 is 2.56 bits per heavy atom. The zero-order chi connectivity index (χ0) is 12.6. The molecule has 1 heterocycles. The van der Waals surface area contributed by atoms with E-state index in [4.69, 9.17) is 5.73 Å². The standard InChI is InChI=1S/C14H19N3O/c15-14(5-6-14)12-4-2-1-3-11(12)13(18)17-9-7-16-8-10-17/h1-4,16H,5-10,15H2. The van der Waals surface area contributed by atoms with Crippen LogP contribution in [0.1, 0.15) is 28.8 Å². The van der Waals surface area contributed by atoms with Crippen molar-refractivity contribution < 1.29 is 4.79 Å². The van der Waals surface area contributed by atoms with E-state index in [9.17, 15) is 4.79 Å². The van der Waals surface area contributed by atoms with Crippen molar-refractivity contribution in [3.05, 3.63) is 35.4 Å². The van der Waals surface area contributed by atoms with E-state index < -0.39 is 0 Å². The summed E-state index contributed by atoms with van der Waals surface area (Å²) in [4.78, 5) is 14.5. The van der Waals surface area contributed by atoms with Crippen molar-refractivity contribution in [2.24, 2.45) is 5.73 Å². The molecule has 96 valence electrons. The summed E-state index contributed by atoms with van der Waals surface area (Å²) in [6.07, 6.45) is 1.97. The van der Waals surface area contributed by atoms with E-state index in [1.54, 1.807) is 0 Å². The zero-order valence-electron chi connectivity index (χ0n) is 10.5. The van der Waals surface area contributed by atoms with E-state index in [0.29, 0.717) is 0 Å². The fourth-order valence-electron chi connectivity index (χ4n) is 2.55. The van der Waals surface area contributed by atoms with E-state index in [2.05, 4.69) is 5.32 Å². The van der Waals surface area contributed by atoms with Gasteiger partial charge in [-0.1, -0.05) is 18.2 Å². The second kappa shape index (κ2) is 4.37. The van der Waals surface area contributed by atoms with Gasteiger partial charge in [0.15, 0.2) is 0 Å². The highest BCUT2D eigenvalue weighted by molar-refractivity contribution is 5.96. The van der Waals surface area contributed by atoms with Crippen LogP contribution >= 0.6 is 0 Å². The van der Waals surface area contributed by atoms with E-state index in [0.717, 1.165) is 50.1 Å². The molecule has 1 aromatic rings. The van der Waals surface area contributed by atoms with Gasteiger partial charge in [-0.05, 0) is 24.5 Å². The van der Waals surface area contributed by atoms with Crippen LogP contribution in [0.4, 0.5) is 0 Å². The molecule has 1 saturated heterocycles. The normalized spacial score (nSPS) is 21.7. The lowest BCUT2D eigenvalue weighted by atomic mass is 9.98. The Balaban J connectivity index is 1.89. The Bertz CT molecular complexity index is 462. The number of piperazine rings is 1. The van der Waals surface area contributed by atoms with Gasteiger partial charge in [0.1, 0.15) is 0 Å². The third-order valence-corrected chi connectivity index (χ3v) is 3.89. The molecule has 4 heteroatoms. The van der Waals surface area contributed by atoms with Gasteiger partial charge in [0.05, 0.1) is 0 Å². The molecule has 1 saturated carbocycles. The molecule has 0 radical (unpaired) electrons. The SMILES string of the molecule is NC1(c2ccccc2C(=O)N2CCNCC2)CC1. The number of nitrogens with zero attached hydrogens (tertiary/aromatic N) is 1. The molecule has 0 bridgehead atoms. The number of benzene rings is 1. The lowest BCUT2D eigenvalue weighted by molar-refractivity contribution is 0.0734. The Labute approximate surface area is 107 Å². The average molecular weight is 245 g/mol. The van der Waals surface area contributed by atoms with Crippen LogP contribution < -0.4 is 11.1 Å². The molecule has 3 N–H and O–H groups in total. The Morgan fingerprint density at radius 2 is 1.89 bits per heavy atom. The number of hydrogen-bond donors (Lipinski definition) is 2. The van der Waals surface area contributed by atoms with Crippen molar-refractivity contribution in [1.29, 1.82) is 0 Å². The monoisotopic (exact) mass is 245 g/mol. The first-order valence-electron chi connectivity index (χ1n) is 6.59. The van der Waals surface area contributed by atoms with Crippen LogP contribution in [0.2, 0.25) is 0 Å². The van der Waals surface area contributed by atoms with Crippen molar-refractivity contribution in [2.75, 3.05) is 26.2 Å². The van der Waals surface area contributed by atoms with E-state index in [1.165, 1.54) is 0 Å². The fraction of sp³-hybridized carbons (Fsp3) is 0.500. The summed E-state index contributed by atoms with van der Waals surface area (Å²) in [5.41, 5.74) is 7.82.